The van der Waals surface area contributed by atoms with Crippen molar-refractivity contribution in [1.82, 2.24) is 0 Å². The summed E-state index contributed by atoms with van der Waals surface area (Å²) in [6, 6.07) is 0. The van der Waals surface area contributed by atoms with Crippen LogP contribution in [0.3, 0.4) is 0 Å². The number of ether oxygens (including phenoxy) is 1. The molecule has 1 aliphatic rings. The third-order valence-electron chi connectivity index (χ3n) is 0.827. The minimum Gasteiger partial charge on any atom is -0.381 e. The molecule has 1 heterocycles. The van der Waals surface area contributed by atoms with Crippen LogP contribution < -0.4 is 0 Å². The lowest BCUT2D eigenvalue weighted by Crippen LogP contribution is -1.74. The molecule has 0 unspecified atom stereocenters. The molecule has 36 valence electrons. The third kappa shape index (κ3) is 1.46. The van der Waals surface area contributed by atoms with Gasteiger partial charge >= 0.3 is 0 Å². The predicted octanol–water partition coefficient (Wildman–Crippen LogP) is -0.387. The fourth-order valence-corrected chi connectivity index (χ4v) is 0.510. The summed E-state index contributed by atoms with van der Waals surface area (Å²) in [6.45, 7) is 2.00. The van der Waals surface area contributed by atoms with E-state index in [0.29, 0.717) is 0 Å². The summed E-state index contributed by atoms with van der Waals surface area (Å²) in [7, 11) is -1.42. The topological polar surface area (TPSA) is 9.23 Å². The quantitative estimate of drug-likeness (QED) is 0.367. The van der Waals surface area contributed by atoms with Gasteiger partial charge in [-0.05, 0) is 16.8 Å². The lowest BCUT2D eigenvalue weighted by atomic mass is 10.4. The number of rotatable bonds is 0. The molecule has 0 spiro atoms. The highest BCUT2D eigenvalue weighted by Crippen LogP contribution is 1.98. The molecule has 1 fully saturated rings. The molecular formula is C4H11BO. The van der Waals surface area contributed by atoms with Crippen molar-refractivity contribution in [2.75, 3.05) is 13.2 Å². The van der Waals surface area contributed by atoms with Gasteiger partial charge in [-0.15, -0.1) is 0 Å². The van der Waals surface area contributed by atoms with Gasteiger partial charge in [0.25, 0.3) is 0 Å². The van der Waals surface area contributed by atoms with Crippen LogP contribution in [0.4, 0.5) is 0 Å². The fraction of sp³-hybridized carbons (Fsp3) is 1.00. The first kappa shape index (κ1) is 2.36. The Balaban J connectivity index is 0.000000148. The maximum Gasteiger partial charge on any atom is 0.0814 e. The van der Waals surface area contributed by atoms with Crippen LogP contribution in [0.1, 0.15) is 12.8 Å². The summed E-state index contributed by atoms with van der Waals surface area (Å²) in [5.41, 5.74) is 0. The van der Waals surface area contributed by atoms with Crippen molar-refractivity contribution in [2.45, 2.75) is 12.8 Å². The van der Waals surface area contributed by atoms with Gasteiger partial charge in [0.1, 0.15) is 0 Å². The van der Waals surface area contributed by atoms with E-state index in [-0.39, 0.29) is 0 Å². The molecule has 0 N–H and O–H groups in total. The first-order valence-corrected chi connectivity index (χ1v) is 2.08. The highest BCUT2D eigenvalue weighted by Gasteiger charge is 1.94. The number of hydrogen-bond acceptors (Lipinski definition) is 1. The van der Waals surface area contributed by atoms with E-state index in [1.54, 1.807) is 0 Å². The molecule has 1 saturated heterocycles. The number of hydrogen-bond donors (Lipinski definition) is 0. The molecule has 1 aliphatic heterocycles. The maximum atomic E-state index is 5.92. The second-order valence-electron chi connectivity index (χ2n) is 1.32. The largest absolute Gasteiger partial charge is 0.381 e. The minimum absolute atomic E-state index is 1.00. The second kappa shape index (κ2) is 3.22. The van der Waals surface area contributed by atoms with Crippen LogP contribution in [0.25, 0.3) is 0 Å². The molecular weight excluding hydrogens is 74.9 g/mol. The van der Waals surface area contributed by atoms with Gasteiger partial charge in [-0.1, -0.05) is 0 Å². The van der Waals surface area contributed by atoms with Gasteiger partial charge in [-0.2, -0.15) is 0 Å². The van der Waals surface area contributed by atoms with E-state index >= 15 is 0 Å². The molecule has 0 atom stereocenters. The van der Waals surface area contributed by atoms with E-state index in [4.69, 9.17) is 8.74 Å². The molecule has 1 rings (SSSR count). The van der Waals surface area contributed by atoms with Crippen molar-refractivity contribution < 1.29 is 4.74 Å². The monoisotopic (exact) mass is 89.1 g/mol. The summed E-state index contributed by atoms with van der Waals surface area (Å²) in [6.07, 6.45) is 2.56. The average molecular weight is 89.0 g/mol. The lowest BCUT2D eigenvalue weighted by Gasteiger charge is -1.76. The molecule has 0 aromatic heterocycles. The zero-order chi connectivity index (χ0) is 7.11. The summed E-state index contributed by atoms with van der Waals surface area (Å²) in [5, 5.41) is 0. The van der Waals surface area contributed by atoms with Crippen LogP contribution in [0.2, 0.25) is 0 Å². The molecule has 0 aliphatic carbocycles. The molecule has 1 nitrogen and oxygen atoms in total. The summed E-state index contributed by atoms with van der Waals surface area (Å²) < 4.78 is 22.7. The molecule has 0 saturated carbocycles. The predicted molar refractivity (Wildman–Crippen MR) is 30.0 cm³/mol. The summed E-state index contributed by atoms with van der Waals surface area (Å²) in [4.78, 5) is 0. The van der Waals surface area contributed by atoms with Gasteiger partial charge in [-0.25, -0.2) is 0 Å². The van der Waals surface area contributed by atoms with Gasteiger partial charge in [0, 0.05) is 13.2 Å². The molecule has 6 heavy (non-hydrogen) atoms. The van der Waals surface area contributed by atoms with Crippen molar-refractivity contribution in [3.05, 3.63) is 0 Å². The highest BCUT2D eigenvalue weighted by molar-refractivity contribution is 5.75. The summed E-state index contributed by atoms with van der Waals surface area (Å²) in [5.74, 6) is 0. The van der Waals surface area contributed by atoms with Crippen molar-refractivity contribution in [3.8, 4) is 0 Å². The Kier molecular flexibility index (Phi) is 1.27. The Bertz CT molecular complexity index is 47.4. The third-order valence-corrected chi connectivity index (χ3v) is 0.827. The van der Waals surface area contributed by atoms with E-state index in [2.05, 4.69) is 0 Å². The Hall–Kier alpha value is 0.0249. The van der Waals surface area contributed by atoms with Crippen LogP contribution in [0, 0.1) is 0 Å². The van der Waals surface area contributed by atoms with Gasteiger partial charge in [0.2, 0.25) is 0 Å². The summed E-state index contributed by atoms with van der Waals surface area (Å²) >= 11 is 0. The zero-order valence-corrected chi connectivity index (χ0v) is 3.81. The van der Waals surface area contributed by atoms with Gasteiger partial charge in [0.05, 0.1) is 8.30 Å². The van der Waals surface area contributed by atoms with Gasteiger partial charge in [-0.3, -0.25) is 0 Å². The Morgan fingerprint density at radius 2 is 2.00 bits per heavy atom. The molecule has 0 amide bonds. The van der Waals surface area contributed by atoms with Crippen molar-refractivity contribution in [3.63, 3.8) is 0 Å². The zero-order valence-electron chi connectivity index (χ0n) is 6.81. The maximum absolute atomic E-state index is 5.92. The van der Waals surface area contributed by atoms with Crippen LogP contribution >= 0.6 is 0 Å². The van der Waals surface area contributed by atoms with Crippen molar-refractivity contribution in [2.24, 2.45) is 0 Å². The van der Waals surface area contributed by atoms with E-state index in [1.165, 1.54) is 12.8 Å². The molecule has 2 heteroatoms. The van der Waals surface area contributed by atoms with E-state index in [9.17, 15) is 0 Å². The normalized spacial score (nSPS) is 25.0. The standard InChI is InChI=1S/C4H8O.BH3/c1-2-4-5-3-1;/h1-4H2;1H3/i;1D3. The molecule has 0 radical (unpaired) electrons. The first-order chi connectivity index (χ1) is 4.23. The lowest BCUT2D eigenvalue weighted by molar-refractivity contribution is 0.198. The Morgan fingerprint density at radius 1 is 1.50 bits per heavy atom. The first-order valence-electron chi connectivity index (χ1n) is 3.81. The van der Waals surface area contributed by atoms with Crippen molar-refractivity contribution >= 4 is 8.30 Å². The molecule has 0 aromatic carbocycles. The Labute approximate surface area is 44.3 Å². The molecule has 0 aromatic rings. The van der Waals surface area contributed by atoms with Gasteiger partial charge in [0.15, 0.2) is 0 Å². The van der Waals surface area contributed by atoms with Crippen molar-refractivity contribution in [1.29, 1.82) is 4.01 Å². The van der Waals surface area contributed by atoms with E-state index < -0.39 is 8.30 Å². The average Bonchev–Trinajstić information content (AvgIpc) is 2.11. The smallest absolute Gasteiger partial charge is 0.0814 e. The van der Waals surface area contributed by atoms with Crippen LogP contribution in [0.15, 0.2) is 0 Å². The minimum atomic E-state index is -1.42. The van der Waals surface area contributed by atoms with Crippen LogP contribution in [-0.2, 0) is 4.74 Å². The van der Waals surface area contributed by atoms with E-state index in [1.807, 2.05) is 0 Å². The Morgan fingerprint density at radius 3 is 2.17 bits per heavy atom. The SMILES string of the molecule is C1CCOC1.[2H]B([2H])[2H]. The fourth-order valence-electron chi connectivity index (χ4n) is 0.510. The molecule has 0 bridgehead atoms. The van der Waals surface area contributed by atoms with E-state index in [0.717, 1.165) is 13.2 Å². The van der Waals surface area contributed by atoms with Crippen LogP contribution in [0.5, 0.6) is 0 Å². The van der Waals surface area contributed by atoms with Gasteiger partial charge < -0.3 is 4.74 Å². The second-order valence-corrected chi connectivity index (χ2v) is 1.32. The highest BCUT2D eigenvalue weighted by atomic mass is 16.5. The van der Waals surface area contributed by atoms with Crippen LogP contribution in [-0.4, -0.2) is 25.5 Å².